The fourth-order valence-corrected chi connectivity index (χ4v) is 1.59. The van der Waals surface area contributed by atoms with Crippen LogP contribution in [0.15, 0.2) is 24.3 Å². The topological polar surface area (TPSA) is 84.2 Å². The molecule has 0 atom stereocenters. The maximum atomic E-state index is 10.7. The predicted octanol–water partition coefficient (Wildman–Crippen LogP) is 0.412. The van der Waals surface area contributed by atoms with Gasteiger partial charge < -0.3 is 5.32 Å². The van der Waals surface area contributed by atoms with Crippen LogP contribution in [0.3, 0.4) is 0 Å². The molecule has 0 spiro atoms. The zero-order chi connectivity index (χ0) is 11.3. The molecular formula is C9H15N3O2S. The van der Waals surface area contributed by atoms with Crippen LogP contribution in [0.25, 0.3) is 0 Å². The smallest absolute Gasteiger partial charge is 0.296 e. The molecule has 0 aliphatic heterocycles. The Labute approximate surface area is 89.9 Å². The van der Waals surface area contributed by atoms with Gasteiger partial charge in [0.05, 0.1) is 0 Å². The summed E-state index contributed by atoms with van der Waals surface area (Å²) in [6.45, 7) is 3.69. The van der Waals surface area contributed by atoms with Crippen LogP contribution in [0.4, 0.5) is 5.69 Å². The molecule has 0 aliphatic rings. The molecule has 0 aromatic heterocycles. The molecule has 0 aliphatic carbocycles. The summed E-state index contributed by atoms with van der Waals surface area (Å²) < 4.78 is 23.6. The molecule has 0 amide bonds. The van der Waals surface area contributed by atoms with Crippen LogP contribution in [0.5, 0.6) is 0 Å². The number of hydrogen-bond acceptors (Lipinski definition) is 3. The van der Waals surface area contributed by atoms with Gasteiger partial charge in [-0.15, -0.1) is 0 Å². The zero-order valence-corrected chi connectivity index (χ0v) is 9.34. The van der Waals surface area contributed by atoms with E-state index in [4.69, 9.17) is 5.14 Å². The molecule has 1 aromatic carbocycles. The molecular weight excluding hydrogens is 214 g/mol. The number of nitrogens with two attached hydrogens (primary N) is 1. The van der Waals surface area contributed by atoms with Crippen LogP contribution in [0, 0.1) is 0 Å². The molecule has 5 nitrogen and oxygen atoms in total. The molecule has 15 heavy (non-hydrogen) atoms. The van der Waals surface area contributed by atoms with Crippen LogP contribution in [-0.4, -0.2) is 15.0 Å². The average Bonchev–Trinajstić information content (AvgIpc) is 2.14. The highest BCUT2D eigenvalue weighted by Crippen LogP contribution is 2.09. The van der Waals surface area contributed by atoms with Gasteiger partial charge in [-0.05, 0) is 24.2 Å². The largest absolute Gasteiger partial charge is 0.313 e. The van der Waals surface area contributed by atoms with E-state index in [1.165, 1.54) is 0 Å². The Kier molecular flexibility index (Phi) is 4.07. The van der Waals surface area contributed by atoms with Gasteiger partial charge in [-0.1, -0.05) is 19.1 Å². The van der Waals surface area contributed by atoms with Crippen LogP contribution in [-0.2, 0) is 16.8 Å². The van der Waals surface area contributed by atoms with Crippen molar-refractivity contribution >= 4 is 15.9 Å². The number of rotatable bonds is 5. The lowest BCUT2D eigenvalue weighted by atomic mass is 10.2. The lowest BCUT2D eigenvalue weighted by Gasteiger charge is -2.05. The van der Waals surface area contributed by atoms with Crippen molar-refractivity contribution in [2.24, 2.45) is 5.14 Å². The summed E-state index contributed by atoms with van der Waals surface area (Å²) in [7, 11) is -3.67. The van der Waals surface area contributed by atoms with Gasteiger partial charge in [0.25, 0.3) is 10.2 Å². The van der Waals surface area contributed by atoms with Crippen molar-refractivity contribution in [2.45, 2.75) is 13.5 Å². The molecule has 0 fully saturated rings. The summed E-state index contributed by atoms with van der Waals surface area (Å²) in [4.78, 5) is 0. The van der Waals surface area contributed by atoms with Crippen LogP contribution < -0.4 is 15.2 Å². The van der Waals surface area contributed by atoms with E-state index < -0.39 is 10.2 Å². The van der Waals surface area contributed by atoms with E-state index >= 15 is 0 Å². The Morgan fingerprint density at radius 2 is 1.87 bits per heavy atom. The summed E-state index contributed by atoms with van der Waals surface area (Å²) in [5.74, 6) is 0. The van der Waals surface area contributed by atoms with Crippen LogP contribution in [0.2, 0.25) is 0 Å². The van der Waals surface area contributed by atoms with Gasteiger partial charge in [0.15, 0.2) is 0 Å². The van der Waals surface area contributed by atoms with E-state index in [1.54, 1.807) is 12.1 Å². The molecule has 4 N–H and O–H groups in total. The highest BCUT2D eigenvalue weighted by atomic mass is 32.2. The van der Waals surface area contributed by atoms with Gasteiger partial charge in [0, 0.05) is 12.2 Å². The average molecular weight is 229 g/mol. The fourth-order valence-electron chi connectivity index (χ4n) is 1.12. The van der Waals surface area contributed by atoms with Gasteiger partial charge in [0.2, 0.25) is 0 Å². The highest BCUT2D eigenvalue weighted by Gasteiger charge is 2.01. The van der Waals surface area contributed by atoms with E-state index in [0.717, 1.165) is 18.7 Å². The SMILES string of the molecule is CCNCc1ccc(NS(N)(=O)=O)cc1. The third-order valence-electron chi connectivity index (χ3n) is 1.79. The summed E-state index contributed by atoms with van der Waals surface area (Å²) in [6, 6.07) is 7.04. The standard InChI is InChI=1S/C9H15N3O2S/c1-2-11-7-8-3-5-9(6-4-8)12-15(10,13)14/h3-6,11-12H,2,7H2,1H3,(H2,10,13,14). The maximum absolute atomic E-state index is 10.7. The molecule has 0 unspecified atom stereocenters. The lowest BCUT2D eigenvalue weighted by molar-refractivity contribution is 0.603. The van der Waals surface area contributed by atoms with Crippen molar-refractivity contribution in [2.75, 3.05) is 11.3 Å². The first-order valence-electron chi connectivity index (χ1n) is 4.61. The van der Waals surface area contributed by atoms with E-state index in [-0.39, 0.29) is 0 Å². The first-order chi connectivity index (χ1) is 7.01. The minimum absolute atomic E-state index is 0.470. The van der Waals surface area contributed by atoms with E-state index in [2.05, 4.69) is 10.0 Å². The van der Waals surface area contributed by atoms with Gasteiger partial charge in [-0.3, -0.25) is 4.72 Å². The van der Waals surface area contributed by atoms with Crippen LogP contribution in [0.1, 0.15) is 12.5 Å². The van der Waals surface area contributed by atoms with Crippen molar-refractivity contribution in [3.05, 3.63) is 29.8 Å². The van der Waals surface area contributed by atoms with Gasteiger partial charge in [0.1, 0.15) is 0 Å². The van der Waals surface area contributed by atoms with Crippen molar-refractivity contribution in [3.63, 3.8) is 0 Å². The minimum Gasteiger partial charge on any atom is -0.313 e. The first-order valence-corrected chi connectivity index (χ1v) is 6.16. The number of hydrogen-bond donors (Lipinski definition) is 3. The second-order valence-electron chi connectivity index (χ2n) is 3.12. The van der Waals surface area contributed by atoms with Crippen molar-refractivity contribution in [3.8, 4) is 0 Å². The second kappa shape index (κ2) is 5.11. The third-order valence-corrected chi connectivity index (χ3v) is 2.31. The summed E-state index contributed by atoms with van der Waals surface area (Å²) in [5.41, 5.74) is 1.56. The van der Waals surface area contributed by atoms with Gasteiger partial charge in [-0.25, -0.2) is 5.14 Å². The Morgan fingerprint density at radius 3 is 2.33 bits per heavy atom. The predicted molar refractivity (Wildman–Crippen MR) is 60.6 cm³/mol. The van der Waals surface area contributed by atoms with Gasteiger partial charge >= 0.3 is 0 Å². The Morgan fingerprint density at radius 1 is 1.27 bits per heavy atom. The Balaban J connectivity index is 2.64. The fraction of sp³-hybridized carbons (Fsp3) is 0.333. The molecule has 0 heterocycles. The molecule has 0 radical (unpaired) electrons. The monoisotopic (exact) mass is 229 g/mol. The molecule has 6 heteroatoms. The van der Waals surface area contributed by atoms with Crippen LogP contribution >= 0.6 is 0 Å². The molecule has 0 saturated carbocycles. The Hall–Kier alpha value is -1.11. The normalized spacial score (nSPS) is 11.3. The third kappa shape index (κ3) is 4.78. The van der Waals surface area contributed by atoms with Crippen molar-refractivity contribution in [1.29, 1.82) is 0 Å². The van der Waals surface area contributed by atoms with E-state index in [9.17, 15) is 8.42 Å². The Bertz CT molecular complexity index is 400. The van der Waals surface area contributed by atoms with E-state index in [1.807, 2.05) is 19.1 Å². The minimum atomic E-state index is -3.67. The van der Waals surface area contributed by atoms with Crippen molar-refractivity contribution in [1.82, 2.24) is 5.32 Å². The zero-order valence-electron chi connectivity index (χ0n) is 8.53. The number of nitrogens with one attached hydrogen (secondary N) is 2. The summed E-state index contributed by atoms with van der Waals surface area (Å²) in [6.07, 6.45) is 0. The maximum Gasteiger partial charge on any atom is 0.296 e. The summed E-state index contributed by atoms with van der Waals surface area (Å²) >= 11 is 0. The number of benzene rings is 1. The highest BCUT2D eigenvalue weighted by molar-refractivity contribution is 7.90. The molecule has 0 bridgehead atoms. The van der Waals surface area contributed by atoms with E-state index in [0.29, 0.717) is 5.69 Å². The molecule has 84 valence electrons. The number of anilines is 1. The van der Waals surface area contributed by atoms with Crippen molar-refractivity contribution < 1.29 is 8.42 Å². The second-order valence-corrected chi connectivity index (χ2v) is 4.42. The quantitative estimate of drug-likeness (QED) is 0.683. The first kappa shape index (κ1) is 12.0. The molecule has 1 rings (SSSR count). The van der Waals surface area contributed by atoms with Gasteiger partial charge in [-0.2, -0.15) is 8.42 Å². The molecule has 1 aromatic rings. The molecule has 0 saturated heterocycles. The summed E-state index contributed by atoms with van der Waals surface area (Å²) in [5, 5.41) is 8.00. The lowest BCUT2D eigenvalue weighted by Crippen LogP contribution is -2.21.